The lowest BCUT2D eigenvalue weighted by Crippen LogP contribution is -2.31. The monoisotopic (exact) mass is 352 g/mol. The van der Waals surface area contributed by atoms with Gasteiger partial charge in [-0.3, -0.25) is 0 Å². The van der Waals surface area contributed by atoms with E-state index in [0.717, 1.165) is 6.42 Å². The molecule has 5 nitrogen and oxygen atoms in total. The molecule has 0 aromatic carbocycles. The van der Waals surface area contributed by atoms with Crippen molar-refractivity contribution >= 4 is 26.0 Å². The van der Waals surface area contributed by atoms with Gasteiger partial charge in [0.15, 0.2) is 4.67 Å². The summed E-state index contributed by atoms with van der Waals surface area (Å²) in [6.45, 7) is 5.06. The number of halogens is 1. The van der Waals surface area contributed by atoms with Crippen molar-refractivity contribution in [3.63, 3.8) is 0 Å². The SMILES string of the molecule is CCC(C)CN(C)S(=O)(=O)c1cc(CNC)oc1Br. The second-order valence-electron chi connectivity index (χ2n) is 4.68. The molecule has 0 saturated carbocycles. The summed E-state index contributed by atoms with van der Waals surface area (Å²) >= 11 is 3.17. The lowest BCUT2D eigenvalue weighted by atomic mass is 10.1. The highest BCUT2D eigenvalue weighted by Gasteiger charge is 2.27. The third-order valence-corrected chi connectivity index (χ3v) is 5.69. The summed E-state index contributed by atoms with van der Waals surface area (Å²) in [7, 11) is -0.134. The molecule has 7 heteroatoms. The highest BCUT2D eigenvalue weighted by atomic mass is 79.9. The van der Waals surface area contributed by atoms with E-state index < -0.39 is 10.0 Å². The number of hydrogen-bond acceptors (Lipinski definition) is 4. The van der Waals surface area contributed by atoms with E-state index in [9.17, 15) is 8.42 Å². The first-order chi connectivity index (χ1) is 8.82. The average Bonchev–Trinajstić information content (AvgIpc) is 2.71. The van der Waals surface area contributed by atoms with Gasteiger partial charge in [0.2, 0.25) is 10.0 Å². The maximum atomic E-state index is 12.4. The van der Waals surface area contributed by atoms with Crippen molar-refractivity contribution in [2.45, 2.75) is 31.7 Å². The van der Waals surface area contributed by atoms with Gasteiger partial charge < -0.3 is 9.73 Å². The van der Waals surface area contributed by atoms with Crippen LogP contribution < -0.4 is 5.32 Å². The summed E-state index contributed by atoms with van der Waals surface area (Å²) < 4.78 is 31.9. The molecule has 1 aromatic heterocycles. The van der Waals surface area contributed by atoms with Crippen LogP contribution in [0, 0.1) is 5.92 Å². The maximum Gasteiger partial charge on any atom is 0.247 e. The Bertz CT molecular complexity index is 513. The number of furan rings is 1. The minimum Gasteiger partial charge on any atom is -0.452 e. The maximum absolute atomic E-state index is 12.4. The van der Waals surface area contributed by atoms with Gasteiger partial charge in [-0.25, -0.2) is 12.7 Å². The molecule has 0 aliphatic carbocycles. The number of nitrogens with one attached hydrogen (secondary N) is 1. The van der Waals surface area contributed by atoms with Gasteiger partial charge in [-0.2, -0.15) is 0 Å². The van der Waals surface area contributed by atoms with E-state index in [1.165, 1.54) is 4.31 Å². The Kier molecular flexibility index (Phi) is 6.04. The summed E-state index contributed by atoms with van der Waals surface area (Å²) in [6.07, 6.45) is 0.942. The molecule has 0 aliphatic heterocycles. The average molecular weight is 353 g/mol. The molecule has 1 N–H and O–H groups in total. The van der Waals surface area contributed by atoms with E-state index in [-0.39, 0.29) is 9.56 Å². The fourth-order valence-corrected chi connectivity index (χ4v) is 3.92. The minimum atomic E-state index is -3.51. The first kappa shape index (κ1) is 16.7. The molecule has 1 unspecified atom stereocenters. The highest BCUT2D eigenvalue weighted by Crippen LogP contribution is 2.28. The fraction of sp³-hybridized carbons (Fsp3) is 0.667. The Morgan fingerprint density at radius 1 is 1.53 bits per heavy atom. The molecule has 0 bridgehead atoms. The Balaban J connectivity index is 2.99. The van der Waals surface area contributed by atoms with Gasteiger partial charge in [-0.05, 0) is 28.9 Å². The van der Waals surface area contributed by atoms with E-state index in [4.69, 9.17) is 4.42 Å². The van der Waals surface area contributed by atoms with Crippen LogP contribution >= 0.6 is 15.9 Å². The molecular formula is C12H21BrN2O3S. The summed E-state index contributed by atoms with van der Waals surface area (Å²) in [5.41, 5.74) is 0. The molecule has 110 valence electrons. The van der Waals surface area contributed by atoms with E-state index in [1.54, 1.807) is 20.2 Å². The molecule has 0 radical (unpaired) electrons. The van der Waals surface area contributed by atoms with Crippen molar-refractivity contribution in [3.8, 4) is 0 Å². The predicted molar refractivity (Wildman–Crippen MR) is 78.4 cm³/mol. The van der Waals surface area contributed by atoms with Crippen LogP contribution in [0.15, 0.2) is 20.0 Å². The molecule has 1 heterocycles. The molecule has 19 heavy (non-hydrogen) atoms. The van der Waals surface area contributed by atoms with Crippen molar-refractivity contribution in [1.82, 2.24) is 9.62 Å². The van der Waals surface area contributed by atoms with Gasteiger partial charge in [0.05, 0.1) is 6.54 Å². The highest BCUT2D eigenvalue weighted by molar-refractivity contribution is 9.10. The number of rotatable bonds is 7. The van der Waals surface area contributed by atoms with Crippen LogP contribution in [0.4, 0.5) is 0 Å². The Hall–Kier alpha value is -0.370. The van der Waals surface area contributed by atoms with E-state index in [1.807, 2.05) is 13.8 Å². The van der Waals surface area contributed by atoms with Gasteiger partial charge in [0.1, 0.15) is 10.7 Å². The van der Waals surface area contributed by atoms with Crippen LogP contribution in [0.3, 0.4) is 0 Å². The van der Waals surface area contributed by atoms with Crippen molar-refractivity contribution < 1.29 is 12.8 Å². The zero-order valence-electron chi connectivity index (χ0n) is 11.7. The number of hydrogen-bond donors (Lipinski definition) is 1. The lowest BCUT2D eigenvalue weighted by molar-refractivity contribution is 0.392. The quantitative estimate of drug-likeness (QED) is 0.818. The van der Waals surface area contributed by atoms with Crippen molar-refractivity contribution in [2.24, 2.45) is 5.92 Å². The first-order valence-electron chi connectivity index (χ1n) is 6.22. The predicted octanol–water partition coefficient (Wildman–Crippen LogP) is 2.43. The second-order valence-corrected chi connectivity index (χ2v) is 7.41. The van der Waals surface area contributed by atoms with E-state index in [0.29, 0.717) is 24.8 Å². The standard InChI is InChI=1S/C12H21BrN2O3S/c1-5-9(2)8-15(4)19(16,17)11-6-10(7-14-3)18-12(11)13/h6,9,14H,5,7-8H2,1-4H3. The summed E-state index contributed by atoms with van der Waals surface area (Å²) in [6, 6.07) is 1.56. The largest absolute Gasteiger partial charge is 0.452 e. The minimum absolute atomic E-state index is 0.184. The Morgan fingerprint density at radius 3 is 2.68 bits per heavy atom. The molecule has 0 saturated heterocycles. The van der Waals surface area contributed by atoms with Crippen molar-refractivity contribution in [3.05, 3.63) is 16.5 Å². The van der Waals surface area contributed by atoms with Crippen molar-refractivity contribution in [2.75, 3.05) is 20.6 Å². The lowest BCUT2D eigenvalue weighted by Gasteiger charge is -2.19. The second kappa shape index (κ2) is 6.88. The molecule has 0 aliphatic rings. The molecule has 1 atom stereocenters. The third kappa shape index (κ3) is 4.05. The van der Waals surface area contributed by atoms with Gasteiger partial charge in [0.25, 0.3) is 0 Å². The zero-order valence-corrected chi connectivity index (χ0v) is 14.1. The van der Waals surface area contributed by atoms with Crippen LogP contribution in [0.5, 0.6) is 0 Å². The number of sulfonamides is 1. The molecule has 0 amide bonds. The summed E-state index contributed by atoms with van der Waals surface area (Å²) in [5.74, 6) is 0.909. The van der Waals surface area contributed by atoms with Gasteiger partial charge in [-0.15, -0.1) is 0 Å². The molecular weight excluding hydrogens is 332 g/mol. The zero-order chi connectivity index (χ0) is 14.6. The van der Waals surface area contributed by atoms with E-state index >= 15 is 0 Å². The van der Waals surface area contributed by atoms with Crippen LogP contribution in [-0.4, -0.2) is 33.4 Å². The van der Waals surface area contributed by atoms with Gasteiger partial charge in [0, 0.05) is 19.7 Å². The van der Waals surface area contributed by atoms with Crippen molar-refractivity contribution in [1.29, 1.82) is 0 Å². The Morgan fingerprint density at radius 2 is 2.16 bits per heavy atom. The normalized spacial score (nSPS) is 14.0. The summed E-state index contributed by atoms with van der Waals surface area (Å²) in [5, 5.41) is 2.92. The van der Waals surface area contributed by atoms with Gasteiger partial charge in [-0.1, -0.05) is 20.3 Å². The Labute approximate surface area is 123 Å². The van der Waals surface area contributed by atoms with Gasteiger partial charge >= 0.3 is 0 Å². The van der Waals surface area contributed by atoms with E-state index in [2.05, 4.69) is 21.2 Å². The molecule has 1 rings (SSSR count). The molecule has 1 aromatic rings. The number of nitrogens with zero attached hydrogens (tertiary/aromatic N) is 1. The third-order valence-electron chi connectivity index (χ3n) is 3.01. The fourth-order valence-electron chi connectivity index (χ4n) is 1.67. The molecule has 0 spiro atoms. The van der Waals surface area contributed by atoms with Crippen LogP contribution in [-0.2, 0) is 16.6 Å². The van der Waals surface area contributed by atoms with Crippen LogP contribution in [0.2, 0.25) is 0 Å². The van der Waals surface area contributed by atoms with Crippen LogP contribution in [0.1, 0.15) is 26.0 Å². The molecule has 0 fully saturated rings. The summed E-state index contributed by atoms with van der Waals surface area (Å²) in [4.78, 5) is 0.184. The first-order valence-corrected chi connectivity index (χ1v) is 8.45. The smallest absolute Gasteiger partial charge is 0.247 e. The van der Waals surface area contributed by atoms with Crippen LogP contribution in [0.25, 0.3) is 0 Å². The topological polar surface area (TPSA) is 62.6 Å².